The van der Waals surface area contributed by atoms with Crippen LogP contribution in [0.2, 0.25) is 0 Å². The molecular formula is C12H12FN3OS2. The van der Waals surface area contributed by atoms with Crippen molar-refractivity contribution < 1.29 is 9.18 Å². The Hall–Kier alpha value is -1.47. The van der Waals surface area contributed by atoms with Gasteiger partial charge in [0.2, 0.25) is 5.91 Å². The van der Waals surface area contributed by atoms with Gasteiger partial charge in [0.25, 0.3) is 0 Å². The molecule has 2 aromatic rings. The predicted octanol–water partition coefficient (Wildman–Crippen LogP) is 3.02. The lowest BCUT2D eigenvalue weighted by atomic mass is 10.2. The minimum atomic E-state index is -0.329. The molecule has 100 valence electrons. The summed E-state index contributed by atoms with van der Waals surface area (Å²) < 4.78 is 14.1. The Morgan fingerprint density at radius 1 is 1.42 bits per heavy atom. The number of amides is 1. The van der Waals surface area contributed by atoms with E-state index in [0.717, 1.165) is 9.35 Å². The van der Waals surface area contributed by atoms with Crippen LogP contribution in [-0.4, -0.2) is 21.9 Å². The van der Waals surface area contributed by atoms with Gasteiger partial charge in [-0.2, -0.15) is 0 Å². The molecule has 0 aliphatic heterocycles. The Labute approximate surface area is 118 Å². The van der Waals surface area contributed by atoms with Gasteiger partial charge >= 0.3 is 0 Å². The number of rotatable bonds is 4. The van der Waals surface area contributed by atoms with Crippen LogP contribution in [0.15, 0.2) is 22.5 Å². The number of hydrogen-bond donors (Lipinski definition) is 1. The van der Waals surface area contributed by atoms with Gasteiger partial charge in [0.1, 0.15) is 10.8 Å². The highest BCUT2D eigenvalue weighted by molar-refractivity contribution is 8.01. The number of carbonyl (C=O) groups excluding carboxylic acids is 1. The fraction of sp³-hybridized carbons (Fsp3) is 0.250. The van der Waals surface area contributed by atoms with Crippen LogP contribution in [0.1, 0.15) is 10.6 Å². The monoisotopic (exact) mass is 297 g/mol. The molecule has 4 nitrogen and oxygen atoms in total. The van der Waals surface area contributed by atoms with Crippen LogP contribution in [-0.2, 0) is 4.79 Å². The quantitative estimate of drug-likeness (QED) is 0.881. The standard InChI is InChI=1S/C12H12FN3OS2/c1-7-9(13)4-3-5-10(7)14-11(17)6-18-12-16-15-8(2)19-12/h3-5H,6H2,1-2H3,(H,14,17). The smallest absolute Gasteiger partial charge is 0.234 e. The molecule has 0 radical (unpaired) electrons. The van der Waals surface area contributed by atoms with Crippen LogP contribution >= 0.6 is 23.1 Å². The maximum absolute atomic E-state index is 13.3. The number of aryl methyl sites for hydroxylation is 1. The molecule has 1 N–H and O–H groups in total. The number of nitrogens with one attached hydrogen (secondary N) is 1. The number of nitrogens with zero attached hydrogens (tertiary/aromatic N) is 2. The molecule has 0 fully saturated rings. The van der Waals surface area contributed by atoms with Crippen molar-refractivity contribution in [2.75, 3.05) is 11.1 Å². The van der Waals surface area contributed by atoms with Crippen molar-refractivity contribution in [3.63, 3.8) is 0 Å². The third-order valence-corrected chi connectivity index (χ3v) is 4.35. The van der Waals surface area contributed by atoms with Gasteiger partial charge < -0.3 is 5.32 Å². The summed E-state index contributed by atoms with van der Waals surface area (Å²) in [5.74, 6) is -0.290. The van der Waals surface area contributed by atoms with Crippen molar-refractivity contribution in [3.8, 4) is 0 Å². The molecule has 7 heteroatoms. The van der Waals surface area contributed by atoms with Crippen LogP contribution in [0.3, 0.4) is 0 Å². The second-order valence-electron chi connectivity index (χ2n) is 3.84. The van der Waals surface area contributed by atoms with E-state index < -0.39 is 0 Å². The van der Waals surface area contributed by atoms with Gasteiger partial charge in [-0.15, -0.1) is 10.2 Å². The first-order valence-corrected chi connectivity index (χ1v) is 7.34. The number of hydrogen-bond acceptors (Lipinski definition) is 5. The molecule has 0 unspecified atom stereocenters. The molecule has 0 bridgehead atoms. The average molecular weight is 297 g/mol. The summed E-state index contributed by atoms with van der Waals surface area (Å²) in [5.41, 5.74) is 0.937. The third kappa shape index (κ3) is 3.74. The second kappa shape index (κ2) is 6.12. The summed E-state index contributed by atoms with van der Waals surface area (Å²) in [6, 6.07) is 4.61. The number of anilines is 1. The van der Waals surface area contributed by atoms with E-state index in [0.29, 0.717) is 11.3 Å². The van der Waals surface area contributed by atoms with Crippen LogP contribution < -0.4 is 5.32 Å². The lowest BCUT2D eigenvalue weighted by Gasteiger charge is -2.07. The summed E-state index contributed by atoms with van der Waals surface area (Å²) in [6.07, 6.45) is 0. The van der Waals surface area contributed by atoms with E-state index in [1.807, 2.05) is 6.92 Å². The highest BCUT2D eigenvalue weighted by atomic mass is 32.2. The first-order valence-electron chi connectivity index (χ1n) is 5.54. The Morgan fingerprint density at radius 3 is 2.89 bits per heavy atom. The molecule has 1 aromatic heterocycles. The highest BCUT2D eigenvalue weighted by Crippen LogP contribution is 2.22. The van der Waals surface area contributed by atoms with E-state index in [4.69, 9.17) is 0 Å². The number of carbonyl (C=O) groups is 1. The summed E-state index contributed by atoms with van der Waals surface area (Å²) in [7, 11) is 0. The topological polar surface area (TPSA) is 54.9 Å². The third-order valence-electron chi connectivity index (χ3n) is 2.38. The van der Waals surface area contributed by atoms with Crippen LogP contribution in [0, 0.1) is 19.7 Å². The van der Waals surface area contributed by atoms with Gasteiger partial charge in [-0.1, -0.05) is 29.2 Å². The summed E-state index contributed by atoms with van der Waals surface area (Å²) in [6.45, 7) is 3.49. The molecule has 2 rings (SSSR count). The number of benzene rings is 1. The first-order chi connectivity index (χ1) is 9.06. The SMILES string of the molecule is Cc1nnc(SCC(=O)Nc2cccc(F)c2C)s1. The molecule has 0 aliphatic rings. The molecule has 1 amide bonds. The van der Waals surface area contributed by atoms with Crippen LogP contribution in [0.5, 0.6) is 0 Å². The van der Waals surface area contributed by atoms with Gasteiger partial charge in [0, 0.05) is 11.3 Å². The minimum Gasteiger partial charge on any atom is -0.325 e. The second-order valence-corrected chi connectivity index (χ2v) is 6.24. The molecule has 0 saturated heterocycles. The lowest BCUT2D eigenvalue weighted by molar-refractivity contribution is -0.113. The summed E-state index contributed by atoms with van der Waals surface area (Å²) >= 11 is 2.76. The number of aromatic nitrogens is 2. The van der Waals surface area contributed by atoms with Gasteiger partial charge in [-0.25, -0.2) is 4.39 Å². The van der Waals surface area contributed by atoms with Crippen molar-refractivity contribution in [1.29, 1.82) is 0 Å². The zero-order valence-electron chi connectivity index (χ0n) is 10.4. The van der Waals surface area contributed by atoms with Crippen molar-refractivity contribution in [1.82, 2.24) is 10.2 Å². The van der Waals surface area contributed by atoms with Gasteiger partial charge in [-0.3, -0.25) is 4.79 Å². The molecular weight excluding hydrogens is 285 g/mol. The Balaban J connectivity index is 1.92. The van der Waals surface area contributed by atoms with Gasteiger partial charge in [0.15, 0.2) is 4.34 Å². The molecule has 19 heavy (non-hydrogen) atoms. The molecule has 1 heterocycles. The first kappa shape index (κ1) is 14.0. The van der Waals surface area contributed by atoms with Crippen molar-refractivity contribution in [2.45, 2.75) is 18.2 Å². The zero-order valence-corrected chi connectivity index (χ0v) is 12.1. The maximum atomic E-state index is 13.3. The Morgan fingerprint density at radius 2 is 2.21 bits per heavy atom. The maximum Gasteiger partial charge on any atom is 0.234 e. The van der Waals surface area contributed by atoms with Crippen molar-refractivity contribution >= 4 is 34.7 Å². The molecule has 0 atom stereocenters. The predicted molar refractivity (Wildman–Crippen MR) is 75.1 cm³/mol. The van der Waals surface area contributed by atoms with E-state index >= 15 is 0 Å². The van der Waals surface area contributed by atoms with Gasteiger partial charge in [-0.05, 0) is 26.0 Å². The largest absolute Gasteiger partial charge is 0.325 e. The number of thioether (sulfide) groups is 1. The minimum absolute atomic E-state index is 0.188. The van der Waals surface area contributed by atoms with Gasteiger partial charge in [0.05, 0.1) is 5.75 Å². The van der Waals surface area contributed by atoms with E-state index in [-0.39, 0.29) is 17.5 Å². The van der Waals surface area contributed by atoms with E-state index in [9.17, 15) is 9.18 Å². The molecule has 0 aliphatic carbocycles. The average Bonchev–Trinajstić information content (AvgIpc) is 2.78. The Bertz CT molecular complexity index is 600. The summed E-state index contributed by atoms with van der Waals surface area (Å²) in [4.78, 5) is 11.8. The van der Waals surface area contributed by atoms with E-state index in [1.165, 1.54) is 29.2 Å². The van der Waals surface area contributed by atoms with Crippen LogP contribution in [0.4, 0.5) is 10.1 Å². The number of halogens is 1. The zero-order chi connectivity index (χ0) is 13.8. The van der Waals surface area contributed by atoms with E-state index in [1.54, 1.807) is 19.1 Å². The fourth-order valence-electron chi connectivity index (χ4n) is 1.39. The molecule has 1 aromatic carbocycles. The van der Waals surface area contributed by atoms with Crippen LogP contribution in [0.25, 0.3) is 0 Å². The van der Waals surface area contributed by atoms with Crippen molar-refractivity contribution in [2.24, 2.45) is 0 Å². The lowest BCUT2D eigenvalue weighted by Crippen LogP contribution is -2.15. The highest BCUT2D eigenvalue weighted by Gasteiger charge is 2.09. The Kier molecular flexibility index (Phi) is 4.49. The molecule has 0 saturated carbocycles. The van der Waals surface area contributed by atoms with Crippen molar-refractivity contribution in [3.05, 3.63) is 34.6 Å². The van der Waals surface area contributed by atoms with E-state index in [2.05, 4.69) is 15.5 Å². The molecule has 0 spiro atoms. The normalized spacial score (nSPS) is 10.5. The fourth-order valence-corrected chi connectivity index (χ4v) is 3.01. The summed E-state index contributed by atoms with van der Waals surface area (Å²) in [5, 5.41) is 11.3.